The Kier molecular flexibility index (Phi) is 4.43. The highest BCUT2D eigenvalue weighted by molar-refractivity contribution is 7.89. The van der Waals surface area contributed by atoms with Gasteiger partial charge in [0, 0.05) is 6.54 Å². The predicted molar refractivity (Wildman–Crippen MR) is 64.1 cm³/mol. The van der Waals surface area contributed by atoms with E-state index in [2.05, 4.69) is 4.72 Å². The van der Waals surface area contributed by atoms with Crippen LogP contribution in [0.1, 0.15) is 12.5 Å². The zero-order chi connectivity index (χ0) is 13.8. The summed E-state index contributed by atoms with van der Waals surface area (Å²) in [5, 5.41) is 27.2. The molecule has 0 radical (unpaired) electrons. The van der Waals surface area contributed by atoms with Gasteiger partial charge in [-0.2, -0.15) is 5.26 Å². The van der Waals surface area contributed by atoms with Gasteiger partial charge in [-0.15, -0.1) is 0 Å². The average molecular weight is 270 g/mol. The lowest BCUT2D eigenvalue weighted by molar-refractivity contribution is 0.00681. The first kappa shape index (κ1) is 14.6. The number of aliphatic hydroxyl groups excluding tert-OH is 1. The molecule has 6 nitrogen and oxygen atoms in total. The summed E-state index contributed by atoms with van der Waals surface area (Å²) >= 11 is 0. The highest BCUT2D eigenvalue weighted by atomic mass is 32.2. The number of nitrogens with one attached hydrogen (secondary N) is 1. The summed E-state index contributed by atoms with van der Waals surface area (Å²) in [6.45, 7) is 0.382. The van der Waals surface area contributed by atoms with Crippen molar-refractivity contribution in [2.24, 2.45) is 0 Å². The van der Waals surface area contributed by atoms with Crippen molar-refractivity contribution >= 4 is 10.0 Å². The van der Waals surface area contributed by atoms with Gasteiger partial charge >= 0.3 is 0 Å². The van der Waals surface area contributed by atoms with E-state index < -0.39 is 22.2 Å². The third-order valence-corrected chi connectivity index (χ3v) is 3.74. The Morgan fingerprint density at radius 2 is 2.06 bits per heavy atom. The van der Waals surface area contributed by atoms with Gasteiger partial charge in [-0.05, 0) is 19.1 Å². The number of nitrogens with zero attached hydrogens (tertiary/aromatic N) is 1. The second kappa shape index (κ2) is 5.46. The van der Waals surface area contributed by atoms with E-state index in [1.807, 2.05) is 0 Å². The van der Waals surface area contributed by atoms with E-state index in [9.17, 15) is 13.5 Å². The molecule has 98 valence electrons. The number of benzene rings is 1. The van der Waals surface area contributed by atoms with E-state index in [4.69, 9.17) is 10.4 Å². The van der Waals surface area contributed by atoms with Crippen LogP contribution < -0.4 is 4.72 Å². The first-order chi connectivity index (χ1) is 8.32. The zero-order valence-corrected chi connectivity index (χ0v) is 10.6. The lowest BCUT2D eigenvalue weighted by atomic mass is 10.1. The Bertz CT molecular complexity index is 561. The lowest BCUT2D eigenvalue weighted by Gasteiger charge is -2.20. The molecule has 7 heteroatoms. The maximum absolute atomic E-state index is 11.9. The van der Waals surface area contributed by atoms with Crippen LogP contribution in [0.3, 0.4) is 0 Å². The minimum Gasteiger partial charge on any atom is -0.393 e. The molecule has 1 aromatic rings. The summed E-state index contributed by atoms with van der Waals surface area (Å²) in [5.41, 5.74) is -1.53. The largest absolute Gasteiger partial charge is 0.393 e. The molecule has 18 heavy (non-hydrogen) atoms. The van der Waals surface area contributed by atoms with Crippen molar-refractivity contribution in [2.75, 3.05) is 13.2 Å². The van der Waals surface area contributed by atoms with Crippen LogP contribution in [0.2, 0.25) is 0 Å². The van der Waals surface area contributed by atoms with Gasteiger partial charge in [-0.1, -0.05) is 12.1 Å². The van der Waals surface area contributed by atoms with E-state index in [-0.39, 0.29) is 17.0 Å². The third-order valence-electron chi connectivity index (χ3n) is 2.28. The molecule has 0 fully saturated rings. The molecule has 0 amide bonds. The Balaban J connectivity index is 2.98. The van der Waals surface area contributed by atoms with Crippen molar-refractivity contribution in [2.45, 2.75) is 17.4 Å². The summed E-state index contributed by atoms with van der Waals surface area (Å²) in [6.07, 6.45) is 0. The minimum atomic E-state index is -3.89. The van der Waals surface area contributed by atoms with E-state index in [0.717, 1.165) is 0 Å². The molecule has 0 heterocycles. The fourth-order valence-corrected chi connectivity index (χ4v) is 2.49. The molecule has 1 unspecified atom stereocenters. The van der Waals surface area contributed by atoms with Crippen LogP contribution in [0.25, 0.3) is 0 Å². The van der Waals surface area contributed by atoms with Crippen LogP contribution in [-0.4, -0.2) is 37.4 Å². The van der Waals surface area contributed by atoms with Crippen molar-refractivity contribution in [3.63, 3.8) is 0 Å². The fraction of sp³-hybridized carbons (Fsp3) is 0.364. The van der Waals surface area contributed by atoms with Crippen LogP contribution in [-0.2, 0) is 10.0 Å². The molecule has 0 spiro atoms. The first-order valence-electron chi connectivity index (χ1n) is 5.14. The molecule has 1 rings (SSSR count). The SMILES string of the molecule is CC(O)(CO)CNS(=O)(=O)c1ccccc1C#N. The summed E-state index contributed by atoms with van der Waals surface area (Å²) in [5.74, 6) is 0. The van der Waals surface area contributed by atoms with Gasteiger partial charge in [-0.25, -0.2) is 13.1 Å². The molecular weight excluding hydrogens is 256 g/mol. The quantitative estimate of drug-likeness (QED) is 0.673. The van der Waals surface area contributed by atoms with Gasteiger partial charge in [0.15, 0.2) is 0 Å². The van der Waals surface area contributed by atoms with Crippen molar-refractivity contribution < 1.29 is 18.6 Å². The van der Waals surface area contributed by atoms with Crippen LogP contribution in [0, 0.1) is 11.3 Å². The maximum atomic E-state index is 11.9. The first-order valence-corrected chi connectivity index (χ1v) is 6.63. The Labute approximate surface area is 106 Å². The lowest BCUT2D eigenvalue weighted by Crippen LogP contribution is -2.43. The van der Waals surface area contributed by atoms with Gasteiger partial charge in [0.25, 0.3) is 0 Å². The van der Waals surface area contributed by atoms with Crippen LogP contribution in [0.15, 0.2) is 29.2 Å². The van der Waals surface area contributed by atoms with Crippen molar-refractivity contribution in [3.8, 4) is 6.07 Å². The molecule has 0 saturated heterocycles. The number of rotatable bonds is 5. The van der Waals surface area contributed by atoms with Crippen molar-refractivity contribution in [3.05, 3.63) is 29.8 Å². The Morgan fingerprint density at radius 3 is 2.61 bits per heavy atom. The summed E-state index contributed by atoms with van der Waals surface area (Å²) in [7, 11) is -3.89. The normalized spacial score (nSPS) is 14.8. The van der Waals surface area contributed by atoms with E-state index in [1.165, 1.54) is 25.1 Å². The molecule has 1 aromatic carbocycles. The Morgan fingerprint density at radius 1 is 1.44 bits per heavy atom. The van der Waals surface area contributed by atoms with Crippen molar-refractivity contribution in [1.82, 2.24) is 4.72 Å². The molecular formula is C11H14N2O4S. The average Bonchev–Trinajstić information content (AvgIpc) is 2.37. The van der Waals surface area contributed by atoms with Gasteiger partial charge in [-0.3, -0.25) is 0 Å². The van der Waals surface area contributed by atoms with Crippen LogP contribution in [0.5, 0.6) is 0 Å². The number of hydrogen-bond acceptors (Lipinski definition) is 5. The zero-order valence-electron chi connectivity index (χ0n) is 9.79. The second-order valence-corrected chi connectivity index (χ2v) is 5.82. The monoisotopic (exact) mass is 270 g/mol. The topological polar surface area (TPSA) is 110 Å². The highest BCUT2D eigenvalue weighted by Gasteiger charge is 2.24. The van der Waals surface area contributed by atoms with Gasteiger partial charge < -0.3 is 10.2 Å². The molecule has 0 aliphatic rings. The maximum Gasteiger partial charge on any atom is 0.241 e. The van der Waals surface area contributed by atoms with E-state index in [1.54, 1.807) is 12.1 Å². The van der Waals surface area contributed by atoms with Crippen LogP contribution in [0.4, 0.5) is 0 Å². The van der Waals surface area contributed by atoms with Crippen LogP contribution >= 0.6 is 0 Å². The standard InChI is InChI=1S/C11H14N2O4S/c1-11(15,8-14)7-13-18(16,17)10-5-3-2-4-9(10)6-12/h2-5,13-15H,7-8H2,1H3. The molecule has 0 saturated carbocycles. The molecule has 3 N–H and O–H groups in total. The highest BCUT2D eigenvalue weighted by Crippen LogP contribution is 2.14. The number of aliphatic hydroxyl groups is 2. The molecule has 0 aliphatic heterocycles. The van der Waals surface area contributed by atoms with E-state index in [0.29, 0.717) is 0 Å². The molecule has 0 aromatic heterocycles. The van der Waals surface area contributed by atoms with Gasteiger partial charge in [0.2, 0.25) is 10.0 Å². The number of nitriles is 1. The second-order valence-electron chi connectivity index (χ2n) is 4.09. The van der Waals surface area contributed by atoms with E-state index >= 15 is 0 Å². The summed E-state index contributed by atoms with van der Waals surface area (Å²) < 4.78 is 26.0. The molecule has 1 atom stereocenters. The van der Waals surface area contributed by atoms with Gasteiger partial charge in [0.05, 0.1) is 22.7 Å². The predicted octanol–water partition coefficient (Wildman–Crippen LogP) is -0.420. The number of hydrogen-bond donors (Lipinski definition) is 3. The Hall–Kier alpha value is -1.46. The smallest absolute Gasteiger partial charge is 0.241 e. The number of sulfonamides is 1. The molecule has 0 bridgehead atoms. The third kappa shape index (κ3) is 3.51. The fourth-order valence-electron chi connectivity index (χ4n) is 1.18. The summed E-state index contributed by atoms with van der Waals surface area (Å²) in [4.78, 5) is -0.152. The van der Waals surface area contributed by atoms with Gasteiger partial charge in [0.1, 0.15) is 6.07 Å². The minimum absolute atomic E-state index is 0.0219. The van der Waals surface area contributed by atoms with Crippen molar-refractivity contribution in [1.29, 1.82) is 5.26 Å². The summed E-state index contributed by atoms with van der Waals surface area (Å²) in [6, 6.07) is 7.53. The molecule has 0 aliphatic carbocycles.